The fourth-order valence-electron chi connectivity index (χ4n) is 2.86. The lowest BCUT2D eigenvalue weighted by Crippen LogP contribution is -2.08. The lowest BCUT2D eigenvalue weighted by molar-refractivity contribution is 0.0984. The molecule has 4 nitrogen and oxygen atoms in total. The van der Waals surface area contributed by atoms with Crippen LogP contribution in [0.4, 0.5) is 0 Å². The summed E-state index contributed by atoms with van der Waals surface area (Å²) < 4.78 is 1.01. The maximum absolute atomic E-state index is 12.4. The number of nitriles is 1. The van der Waals surface area contributed by atoms with Gasteiger partial charge in [-0.3, -0.25) is 4.79 Å². The molecule has 0 aliphatic heterocycles. The highest BCUT2D eigenvalue weighted by Crippen LogP contribution is 2.31. The number of ketones is 1. The summed E-state index contributed by atoms with van der Waals surface area (Å²) in [6.45, 7) is 0. The number of H-pyrrole nitrogens is 1. The van der Waals surface area contributed by atoms with Crippen LogP contribution in [0.2, 0.25) is 0 Å². The van der Waals surface area contributed by atoms with Crippen LogP contribution in [-0.2, 0) is 6.42 Å². The Morgan fingerprint density at radius 1 is 1.39 bits per heavy atom. The zero-order valence-electron chi connectivity index (χ0n) is 12.6. The SMILES string of the molecule is N#Cc1cnc(C(=O)Cc2ccc(Br)cc2C2=CCCCC2)[nH]1. The zero-order chi connectivity index (χ0) is 16.2. The van der Waals surface area contributed by atoms with Crippen LogP contribution in [0.15, 0.2) is 34.9 Å². The van der Waals surface area contributed by atoms with Crippen LogP contribution in [-0.4, -0.2) is 15.8 Å². The molecule has 5 heteroatoms. The quantitative estimate of drug-likeness (QED) is 0.810. The summed E-state index contributed by atoms with van der Waals surface area (Å²) in [5.41, 5.74) is 3.76. The predicted molar refractivity (Wildman–Crippen MR) is 91.9 cm³/mol. The number of benzene rings is 1. The molecule has 0 amide bonds. The summed E-state index contributed by atoms with van der Waals surface area (Å²) in [4.78, 5) is 19.2. The fraction of sp³-hybridized carbons (Fsp3) is 0.278. The van der Waals surface area contributed by atoms with Crippen LogP contribution < -0.4 is 0 Å². The molecule has 0 radical (unpaired) electrons. The van der Waals surface area contributed by atoms with Crippen LogP contribution in [0, 0.1) is 11.3 Å². The Morgan fingerprint density at radius 2 is 2.26 bits per heavy atom. The van der Waals surface area contributed by atoms with Crippen molar-refractivity contribution in [3.05, 3.63) is 57.6 Å². The Morgan fingerprint density at radius 3 is 2.96 bits per heavy atom. The van der Waals surface area contributed by atoms with Gasteiger partial charge in [-0.2, -0.15) is 5.26 Å². The maximum atomic E-state index is 12.4. The molecule has 1 aliphatic carbocycles. The van der Waals surface area contributed by atoms with Gasteiger partial charge in [0.2, 0.25) is 5.78 Å². The summed E-state index contributed by atoms with van der Waals surface area (Å²) >= 11 is 3.52. The van der Waals surface area contributed by atoms with Crippen molar-refractivity contribution in [3.8, 4) is 6.07 Å². The number of hydrogen-bond acceptors (Lipinski definition) is 3. The van der Waals surface area contributed by atoms with Crippen LogP contribution in [0.5, 0.6) is 0 Å². The maximum Gasteiger partial charge on any atom is 0.202 e. The van der Waals surface area contributed by atoms with Gasteiger partial charge in [0.1, 0.15) is 11.8 Å². The molecule has 0 atom stereocenters. The van der Waals surface area contributed by atoms with Crippen molar-refractivity contribution in [2.75, 3.05) is 0 Å². The first-order valence-electron chi connectivity index (χ1n) is 7.63. The molecule has 23 heavy (non-hydrogen) atoms. The smallest absolute Gasteiger partial charge is 0.202 e. The number of hydrogen-bond donors (Lipinski definition) is 1. The van der Waals surface area contributed by atoms with Crippen molar-refractivity contribution >= 4 is 27.3 Å². The van der Waals surface area contributed by atoms with Crippen LogP contribution in [0.1, 0.15) is 53.1 Å². The van der Waals surface area contributed by atoms with E-state index >= 15 is 0 Å². The minimum absolute atomic E-state index is 0.105. The molecule has 0 saturated heterocycles. The van der Waals surface area contributed by atoms with Crippen LogP contribution in [0.25, 0.3) is 5.57 Å². The van der Waals surface area contributed by atoms with Gasteiger partial charge in [-0.15, -0.1) is 0 Å². The van der Waals surface area contributed by atoms with Gasteiger partial charge in [-0.1, -0.05) is 28.1 Å². The minimum atomic E-state index is -0.105. The molecule has 1 N–H and O–H groups in total. The topological polar surface area (TPSA) is 69.5 Å². The van der Waals surface area contributed by atoms with Gasteiger partial charge in [0.25, 0.3) is 0 Å². The van der Waals surface area contributed by atoms with E-state index < -0.39 is 0 Å². The number of imidazole rings is 1. The van der Waals surface area contributed by atoms with E-state index in [1.165, 1.54) is 24.6 Å². The number of carbonyl (C=O) groups is 1. The zero-order valence-corrected chi connectivity index (χ0v) is 14.2. The summed E-state index contributed by atoms with van der Waals surface area (Å²) in [6, 6.07) is 7.98. The van der Waals surface area contributed by atoms with E-state index in [1.54, 1.807) is 0 Å². The second-order valence-electron chi connectivity index (χ2n) is 5.63. The minimum Gasteiger partial charge on any atom is -0.327 e. The molecular formula is C18H16BrN3O. The molecule has 1 aromatic heterocycles. The van der Waals surface area contributed by atoms with Gasteiger partial charge < -0.3 is 4.98 Å². The van der Waals surface area contributed by atoms with E-state index in [-0.39, 0.29) is 18.0 Å². The summed E-state index contributed by atoms with van der Waals surface area (Å²) in [5, 5.41) is 8.82. The molecule has 3 rings (SSSR count). The molecule has 0 bridgehead atoms. The summed E-state index contributed by atoms with van der Waals surface area (Å²) in [5.74, 6) is 0.138. The number of Topliss-reactive ketones (excluding diaryl/α,β-unsaturated/α-hetero) is 1. The van der Waals surface area contributed by atoms with Crippen molar-refractivity contribution < 1.29 is 4.79 Å². The lowest BCUT2D eigenvalue weighted by atomic mass is 9.89. The predicted octanol–water partition coefficient (Wildman–Crippen LogP) is 4.43. The third-order valence-electron chi connectivity index (χ3n) is 4.02. The number of rotatable bonds is 4. The van der Waals surface area contributed by atoms with Crippen molar-refractivity contribution in [1.82, 2.24) is 9.97 Å². The third-order valence-corrected chi connectivity index (χ3v) is 4.51. The molecule has 1 aromatic carbocycles. The van der Waals surface area contributed by atoms with Crippen LogP contribution >= 0.6 is 15.9 Å². The number of aromatic nitrogens is 2. The molecule has 0 spiro atoms. The van der Waals surface area contributed by atoms with Gasteiger partial charge >= 0.3 is 0 Å². The highest BCUT2D eigenvalue weighted by atomic mass is 79.9. The van der Waals surface area contributed by atoms with E-state index in [4.69, 9.17) is 5.26 Å². The molecule has 1 heterocycles. The highest BCUT2D eigenvalue weighted by molar-refractivity contribution is 9.10. The highest BCUT2D eigenvalue weighted by Gasteiger charge is 2.16. The molecule has 116 valence electrons. The van der Waals surface area contributed by atoms with Gasteiger partial charge in [-0.25, -0.2) is 4.98 Å². The monoisotopic (exact) mass is 369 g/mol. The molecule has 0 fully saturated rings. The lowest BCUT2D eigenvalue weighted by Gasteiger charge is -2.16. The largest absolute Gasteiger partial charge is 0.327 e. The van der Waals surface area contributed by atoms with Gasteiger partial charge in [-0.05, 0) is 54.5 Å². The van der Waals surface area contributed by atoms with Crippen molar-refractivity contribution in [1.29, 1.82) is 5.26 Å². The van der Waals surface area contributed by atoms with Gasteiger partial charge in [0, 0.05) is 10.9 Å². The van der Waals surface area contributed by atoms with Gasteiger partial charge in [0.15, 0.2) is 5.82 Å². The van der Waals surface area contributed by atoms with Gasteiger partial charge in [0.05, 0.1) is 6.20 Å². The number of nitrogens with zero attached hydrogens (tertiary/aromatic N) is 2. The Labute approximate surface area is 143 Å². The van der Waals surface area contributed by atoms with Crippen molar-refractivity contribution in [2.45, 2.75) is 32.1 Å². The second-order valence-corrected chi connectivity index (χ2v) is 6.55. The second kappa shape index (κ2) is 6.93. The molecule has 0 saturated carbocycles. The van der Waals surface area contributed by atoms with E-state index in [2.05, 4.69) is 38.0 Å². The Bertz CT molecular complexity index is 814. The number of carbonyl (C=O) groups excluding carboxylic acids is 1. The molecule has 0 unspecified atom stereocenters. The van der Waals surface area contributed by atoms with Crippen molar-refractivity contribution in [2.24, 2.45) is 0 Å². The number of allylic oxidation sites excluding steroid dienone is 2. The van der Waals surface area contributed by atoms with Crippen molar-refractivity contribution in [3.63, 3.8) is 0 Å². The third kappa shape index (κ3) is 3.59. The summed E-state index contributed by atoms with van der Waals surface area (Å²) in [6.07, 6.45) is 8.51. The number of halogens is 1. The summed E-state index contributed by atoms with van der Waals surface area (Å²) in [7, 11) is 0. The average molecular weight is 370 g/mol. The Kier molecular flexibility index (Phi) is 4.73. The average Bonchev–Trinajstić information content (AvgIpc) is 3.06. The van der Waals surface area contributed by atoms with E-state index in [0.29, 0.717) is 5.69 Å². The van der Waals surface area contributed by atoms with E-state index in [0.717, 1.165) is 28.4 Å². The Balaban J connectivity index is 1.89. The number of nitrogens with one attached hydrogen (secondary N) is 1. The van der Waals surface area contributed by atoms with E-state index in [1.807, 2.05) is 18.2 Å². The number of aromatic amines is 1. The van der Waals surface area contributed by atoms with E-state index in [9.17, 15) is 4.79 Å². The fourth-order valence-corrected chi connectivity index (χ4v) is 3.22. The normalized spacial score (nSPS) is 14.2. The standard InChI is InChI=1S/C18H16BrN3O/c19-14-7-6-13(16(9-14)12-4-2-1-3-5-12)8-17(23)18-21-11-15(10-20)22-18/h4,6-7,9,11H,1-3,5,8H2,(H,21,22). The van der Waals surface area contributed by atoms with Crippen LogP contribution in [0.3, 0.4) is 0 Å². The Hall–Kier alpha value is -2.19. The molecule has 2 aromatic rings. The first-order chi connectivity index (χ1) is 11.2. The molecule has 1 aliphatic rings. The molecular weight excluding hydrogens is 354 g/mol. The first kappa shape index (κ1) is 15.7. The first-order valence-corrected chi connectivity index (χ1v) is 8.43.